The second kappa shape index (κ2) is 11.6. The second-order valence-electron chi connectivity index (χ2n) is 10.1. The Morgan fingerprint density at radius 3 is 2.73 bits per heavy atom. The van der Waals surface area contributed by atoms with Crippen molar-refractivity contribution >= 4 is 18.1 Å². The van der Waals surface area contributed by atoms with E-state index in [2.05, 4.69) is 19.2 Å². The van der Waals surface area contributed by atoms with E-state index in [9.17, 15) is 24.6 Å². The fraction of sp³-hybridized carbons (Fsp3) is 0.593. The number of carbonyl (C=O) groups is 3. The van der Waals surface area contributed by atoms with Crippen LogP contribution in [-0.4, -0.2) is 91.0 Å². The Kier molecular flexibility index (Phi) is 8.51. The zero-order chi connectivity index (χ0) is 26.7. The number of carbonyl (C=O) groups excluding carboxylic acids is 3. The number of hydrogen-bond donors (Lipinski definition) is 3. The van der Waals surface area contributed by atoms with Crippen molar-refractivity contribution in [2.75, 3.05) is 33.4 Å². The maximum Gasteiger partial charge on any atom is 0.252 e. The van der Waals surface area contributed by atoms with E-state index in [-0.39, 0.29) is 19.1 Å². The van der Waals surface area contributed by atoms with E-state index in [0.717, 1.165) is 6.42 Å². The van der Waals surface area contributed by atoms with Crippen LogP contribution in [-0.2, 0) is 14.3 Å². The molecule has 1 aromatic rings. The summed E-state index contributed by atoms with van der Waals surface area (Å²) >= 11 is 0. The van der Waals surface area contributed by atoms with Gasteiger partial charge in [0.05, 0.1) is 25.7 Å². The van der Waals surface area contributed by atoms with Gasteiger partial charge in [0, 0.05) is 36.4 Å². The van der Waals surface area contributed by atoms with Crippen molar-refractivity contribution in [3.8, 4) is 11.5 Å². The Morgan fingerprint density at radius 2 is 2.11 bits per heavy atom. The third-order valence-corrected chi connectivity index (χ3v) is 7.21. The van der Waals surface area contributed by atoms with Gasteiger partial charge in [-0.25, -0.2) is 0 Å². The SMILES string of the molecule is COc1cc(C=O)cc2c1OC1C2C(C(=O)NCCO)=CC(N(CCC(C)C)C(=O)C2CCCO2)C1O. The van der Waals surface area contributed by atoms with Crippen molar-refractivity contribution < 1.29 is 38.8 Å². The van der Waals surface area contributed by atoms with Gasteiger partial charge in [-0.1, -0.05) is 13.8 Å². The quantitative estimate of drug-likeness (QED) is 0.395. The summed E-state index contributed by atoms with van der Waals surface area (Å²) in [5.74, 6) is -0.381. The molecule has 10 heteroatoms. The second-order valence-corrected chi connectivity index (χ2v) is 10.1. The largest absolute Gasteiger partial charge is 0.493 e. The number of hydrogen-bond acceptors (Lipinski definition) is 8. The van der Waals surface area contributed by atoms with E-state index in [1.807, 2.05) is 0 Å². The van der Waals surface area contributed by atoms with E-state index in [1.54, 1.807) is 17.0 Å². The number of ether oxygens (including phenoxy) is 3. The molecule has 202 valence electrons. The number of amides is 2. The van der Waals surface area contributed by atoms with Gasteiger partial charge >= 0.3 is 0 Å². The average Bonchev–Trinajstić information content (AvgIpc) is 3.56. The molecule has 2 aliphatic heterocycles. The van der Waals surface area contributed by atoms with Crippen molar-refractivity contribution in [2.45, 2.75) is 63.4 Å². The van der Waals surface area contributed by atoms with Crippen LogP contribution in [0.1, 0.15) is 54.9 Å². The number of aliphatic hydroxyl groups is 2. The lowest BCUT2D eigenvalue weighted by Crippen LogP contribution is -2.57. The van der Waals surface area contributed by atoms with Crippen molar-refractivity contribution in [1.82, 2.24) is 10.2 Å². The molecule has 10 nitrogen and oxygen atoms in total. The fourth-order valence-corrected chi connectivity index (χ4v) is 5.32. The van der Waals surface area contributed by atoms with E-state index < -0.39 is 36.2 Å². The van der Waals surface area contributed by atoms with Gasteiger partial charge in [-0.3, -0.25) is 14.4 Å². The van der Waals surface area contributed by atoms with Crippen molar-refractivity contribution in [3.05, 3.63) is 34.9 Å². The Bertz CT molecular complexity index is 1050. The molecule has 4 rings (SSSR count). The Balaban J connectivity index is 1.79. The molecule has 0 bridgehead atoms. The monoisotopic (exact) mass is 516 g/mol. The molecule has 0 radical (unpaired) electrons. The summed E-state index contributed by atoms with van der Waals surface area (Å²) < 4.78 is 17.3. The van der Waals surface area contributed by atoms with E-state index in [0.29, 0.717) is 66.4 Å². The van der Waals surface area contributed by atoms with Crippen LogP contribution in [0.5, 0.6) is 11.5 Å². The number of aliphatic hydroxyl groups excluding tert-OH is 2. The molecule has 0 spiro atoms. The van der Waals surface area contributed by atoms with E-state index >= 15 is 0 Å². The lowest BCUT2D eigenvalue weighted by molar-refractivity contribution is -0.146. The maximum absolute atomic E-state index is 13.6. The van der Waals surface area contributed by atoms with Crippen LogP contribution in [0.25, 0.3) is 0 Å². The highest BCUT2D eigenvalue weighted by atomic mass is 16.5. The zero-order valence-electron chi connectivity index (χ0n) is 21.5. The van der Waals surface area contributed by atoms with Crippen molar-refractivity contribution in [3.63, 3.8) is 0 Å². The number of rotatable bonds is 10. The topological polar surface area (TPSA) is 135 Å². The van der Waals surface area contributed by atoms with Gasteiger partial charge in [-0.15, -0.1) is 0 Å². The molecule has 0 saturated carbocycles. The van der Waals surface area contributed by atoms with Crippen LogP contribution >= 0.6 is 0 Å². The van der Waals surface area contributed by atoms with Gasteiger partial charge in [-0.2, -0.15) is 0 Å². The third-order valence-electron chi connectivity index (χ3n) is 7.21. The molecule has 2 heterocycles. The molecule has 1 aliphatic carbocycles. The first-order valence-electron chi connectivity index (χ1n) is 12.8. The highest BCUT2D eigenvalue weighted by molar-refractivity contribution is 5.96. The number of benzene rings is 1. The van der Waals surface area contributed by atoms with Crippen molar-refractivity contribution in [2.24, 2.45) is 5.92 Å². The Labute approximate surface area is 216 Å². The lowest BCUT2D eigenvalue weighted by Gasteiger charge is -2.41. The highest BCUT2D eigenvalue weighted by Crippen LogP contribution is 2.51. The van der Waals surface area contributed by atoms with Gasteiger partial charge in [-0.05, 0) is 43.4 Å². The summed E-state index contributed by atoms with van der Waals surface area (Å²) in [7, 11) is 1.45. The predicted molar refractivity (Wildman–Crippen MR) is 134 cm³/mol. The molecular weight excluding hydrogens is 480 g/mol. The minimum atomic E-state index is -1.16. The molecule has 5 atom stereocenters. The summed E-state index contributed by atoms with van der Waals surface area (Å²) in [6, 6.07) is 2.33. The Hall–Kier alpha value is -2.95. The summed E-state index contributed by atoms with van der Waals surface area (Å²) in [6.07, 6.45) is 1.76. The van der Waals surface area contributed by atoms with Crippen LogP contribution in [0.3, 0.4) is 0 Å². The first-order valence-corrected chi connectivity index (χ1v) is 12.8. The van der Waals surface area contributed by atoms with Crippen LogP contribution < -0.4 is 14.8 Å². The van der Waals surface area contributed by atoms with Gasteiger partial charge in [0.1, 0.15) is 24.6 Å². The van der Waals surface area contributed by atoms with Crippen LogP contribution in [0.4, 0.5) is 0 Å². The van der Waals surface area contributed by atoms with Gasteiger partial charge in [0.2, 0.25) is 5.91 Å². The molecule has 1 fully saturated rings. The minimum Gasteiger partial charge on any atom is -0.493 e. The standard InChI is InChI=1S/C27H36N2O8/c1-15(2)6-8-29(27(34)20-5-4-10-36-20)19-13-18(26(33)28-7-9-30)22-17-11-16(14-31)12-21(35-3)24(17)37-25(22)23(19)32/h11-15,19-20,22-23,25,30,32H,4-10H2,1-3H3,(H,28,33). The molecule has 0 aromatic heterocycles. The maximum atomic E-state index is 13.6. The summed E-state index contributed by atoms with van der Waals surface area (Å²) in [5.41, 5.74) is 1.19. The van der Waals surface area contributed by atoms with Crippen LogP contribution in [0.15, 0.2) is 23.8 Å². The fourth-order valence-electron chi connectivity index (χ4n) is 5.32. The first-order chi connectivity index (χ1) is 17.8. The van der Waals surface area contributed by atoms with Gasteiger partial charge < -0.3 is 34.6 Å². The Morgan fingerprint density at radius 1 is 1.32 bits per heavy atom. The molecule has 3 N–H and O–H groups in total. The van der Waals surface area contributed by atoms with Crippen LogP contribution in [0.2, 0.25) is 0 Å². The van der Waals surface area contributed by atoms with Crippen LogP contribution in [0, 0.1) is 5.92 Å². The summed E-state index contributed by atoms with van der Waals surface area (Å²) in [6.45, 7) is 4.79. The summed E-state index contributed by atoms with van der Waals surface area (Å²) in [5, 5.41) is 23.6. The summed E-state index contributed by atoms with van der Waals surface area (Å²) in [4.78, 5) is 40.1. The number of methoxy groups -OCH3 is 1. The zero-order valence-corrected chi connectivity index (χ0v) is 21.5. The predicted octanol–water partition coefficient (Wildman–Crippen LogP) is 1.18. The number of nitrogens with zero attached hydrogens (tertiary/aromatic N) is 1. The molecule has 37 heavy (non-hydrogen) atoms. The molecule has 2 amide bonds. The highest BCUT2D eigenvalue weighted by Gasteiger charge is 2.52. The number of fused-ring (bicyclic) bond motifs is 3. The van der Waals surface area contributed by atoms with Gasteiger partial charge in [0.15, 0.2) is 11.5 Å². The van der Waals surface area contributed by atoms with E-state index in [4.69, 9.17) is 14.2 Å². The normalized spacial score (nSPS) is 26.1. The number of nitrogens with one attached hydrogen (secondary N) is 1. The molecule has 1 aromatic carbocycles. The minimum absolute atomic E-state index is 0.0398. The van der Waals surface area contributed by atoms with E-state index in [1.165, 1.54) is 13.2 Å². The molecular formula is C27H36N2O8. The lowest BCUT2D eigenvalue weighted by atomic mass is 9.77. The first kappa shape index (κ1) is 27.1. The number of aldehydes is 1. The smallest absolute Gasteiger partial charge is 0.252 e. The van der Waals surface area contributed by atoms with Gasteiger partial charge in [0.25, 0.3) is 5.91 Å². The molecule has 1 saturated heterocycles. The average molecular weight is 517 g/mol. The molecule has 3 aliphatic rings. The third kappa shape index (κ3) is 5.37. The molecule has 5 unspecified atom stereocenters. The van der Waals surface area contributed by atoms with Crippen molar-refractivity contribution in [1.29, 1.82) is 0 Å².